The van der Waals surface area contributed by atoms with Crippen molar-refractivity contribution in [1.29, 1.82) is 0 Å². The van der Waals surface area contributed by atoms with Gasteiger partial charge in [0.15, 0.2) is 0 Å². The molecule has 5 rings (SSSR count). The molecule has 4 heterocycles. The highest BCUT2D eigenvalue weighted by Gasteiger charge is 2.21. The monoisotopic (exact) mass is 367 g/mol. The standard InChI is InChI=1S/C19H21N5O3/c1-23-19(25)16(24-4-7-26-8-5-24)11-15(22-23)18-13-10-17-12(3-2-6-27-17)9-14(13)20-21-18/h9-11H,2-8H2,1H3,(H,20,21). The molecule has 2 aliphatic rings. The van der Waals surface area contributed by atoms with Crippen LogP contribution in [0.1, 0.15) is 12.0 Å². The number of H-pyrrole nitrogens is 1. The van der Waals surface area contributed by atoms with Crippen LogP contribution in [0.3, 0.4) is 0 Å². The van der Waals surface area contributed by atoms with Gasteiger partial charge in [-0.2, -0.15) is 10.2 Å². The lowest BCUT2D eigenvalue weighted by Crippen LogP contribution is -2.40. The van der Waals surface area contributed by atoms with E-state index in [0.29, 0.717) is 37.7 Å². The molecule has 0 amide bonds. The van der Waals surface area contributed by atoms with Crippen LogP contribution in [0.15, 0.2) is 23.0 Å². The Morgan fingerprint density at radius 3 is 2.85 bits per heavy atom. The van der Waals surface area contributed by atoms with Crippen molar-refractivity contribution < 1.29 is 9.47 Å². The first-order valence-electron chi connectivity index (χ1n) is 9.26. The summed E-state index contributed by atoms with van der Waals surface area (Å²) in [5.41, 5.74) is 4.08. The van der Waals surface area contributed by atoms with Gasteiger partial charge in [-0.3, -0.25) is 9.89 Å². The molecule has 3 aromatic rings. The lowest BCUT2D eigenvalue weighted by Gasteiger charge is -2.28. The highest BCUT2D eigenvalue weighted by molar-refractivity contribution is 5.94. The minimum Gasteiger partial charge on any atom is -0.493 e. The zero-order valence-electron chi connectivity index (χ0n) is 15.2. The second kappa shape index (κ2) is 6.38. The molecule has 8 heteroatoms. The van der Waals surface area contributed by atoms with Crippen molar-refractivity contribution in [2.24, 2.45) is 7.05 Å². The highest BCUT2D eigenvalue weighted by Crippen LogP contribution is 2.34. The van der Waals surface area contributed by atoms with Gasteiger partial charge in [-0.1, -0.05) is 0 Å². The number of anilines is 1. The number of benzene rings is 1. The number of aromatic amines is 1. The van der Waals surface area contributed by atoms with E-state index in [2.05, 4.69) is 26.3 Å². The molecule has 140 valence electrons. The molecular formula is C19H21N5O3. The van der Waals surface area contributed by atoms with Gasteiger partial charge in [0.1, 0.15) is 22.8 Å². The number of hydrogen-bond donors (Lipinski definition) is 1. The van der Waals surface area contributed by atoms with Crippen LogP contribution in [0.25, 0.3) is 22.3 Å². The maximum Gasteiger partial charge on any atom is 0.290 e. The Morgan fingerprint density at radius 1 is 1.15 bits per heavy atom. The average Bonchev–Trinajstić information content (AvgIpc) is 3.11. The van der Waals surface area contributed by atoms with Gasteiger partial charge < -0.3 is 14.4 Å². The molecule has 1 fully saturated rings. The van der Waals surface area contributed by atoms with E-state index in [4.69, 9.17) is 9.47 Å². The quantitative estimate of drug-likeness (QED) is 0.739. The van der Waals surface area contributed by atoms with Gasteiger partial charge >= 0.3 is 0 Å². The van der Waals surface area contributed by atoms with E-state index >= 15 is 0 Å². The maximum atomic E-state index is 12.6. The number of aryl methyl sites for hydroxylation is 2. The summed E-state index contributed by atoms with van der Waals surface area (Å²) in [5.74, 6) is 0.912. The molecule has 8 nitrogen and oxygen atoms in total. The van der Waals surface area contributed by atoms with Gasteiger partial charge in [0.2, 0.25) is 0 Å². The minimum atomic E-state index is -0.110. The molecular weight excluding hydrogens is 346 g/mol. The second-order valence-corrected chi connectivity index (χ2v) is 6.97. The van der Waals surface area contributed by atoms with Crippen molar-refractivity contribution >= 4 is 16.6 Å². The van der Waals surface area contributed by atoms with Gasteiger partial charge in [-0.25, -0.2) is 4.68 Å². The van der Waals surface area contributed by atoms with Crippen molar-refractivity contribution in [3.8, 4) is 17.1 Å². The Bertz CT molecular complexity index is 1070. The fourth-order valence-electron chi connectivity index (χ4n) is 3.80. The zero-order valence-corrected chi connectivity index (χ0v) is 15.2. The number of rotatable bonds is 2. The predicted octanol–water partition coefficient (Wildman–Crippen LogP) is 1.49. The van der Waals surface area contributed by atoms with Crippen molar-refractivity contribution in [1.82, 2.24) is 20.0 Å². The van der Waals surface area contributed by atoms with E-state index in [1.807, 2.05) is 12.1 Å². The van der Waals surface area contributed by atoms with Crippen molar-refractivity contribution in [2.75, 3.05) is 37.8 Å². The van der Waals surface area contributed by atoms with Crippen LogP contribution in [0, 0.1) is 0 Å². The molecule has 0 atom stereocenters. The number of morpholine rings is 1. The smallest absolute Gasteiger partial charge is 0.290 e. The van der Waals surface area contributed by atoms with Gasteiger partial charge in [0, 0.05) is 25.5 Å². The van der Waals surface area contributed by atoms with Crippen LogP contribution >= 0.6 is 0 Å². The predicted molar refractivity (Wildman–Crippen MR) is 101 cm³/mol. The number of fused-ring (bicyclic) bond motifs is 2. The Hall–Kier alpha value is -2.87. The van der Waals surface area contributed by atoms with Crippen LogP contribution in [0.4, 0.5) is 5.69 Å². The summed E-state index contributed by atoms with van der Waals surface area (Å²) >= 11 is 0. The van der Waals surface area contributed by atoms with Crippen LogP contribution in [0.5, 0.6) is 5.75 Å². The summed E-state index contributed by atoms with van der Waals surface area (Å²) < 4.78 is 12.6. The molecule has 2 aromatic heterocycles. The fourth-order valence-corrected chi connectivity index (χ4v) is 3.80. The number of hydrogen-bond acceptors (Lipinski definition) is 6. The fraction of sp³-hybridized carbons (Fsp3) is 0.421. The molecule has 0 aliphatic carbocycles. The summed E-state index contributed by atoms with van der Waals surface area (Å²) in [6, 6.07) is 5.97. The van der Waals surface area contributed by atoms with Gasteiger partial charge in [-0.05, 0) is 36.6 Å². The molecule has 2 aliphatic heterocycles. The molecule has 1 aromatic carbocycles. The summed E-state index contributed by atoms with van der Waals surface area (Å²) in [5, 5.41) is 13.0. The summed E-state index contributed by atoms with van der Waals surface area (Å²) in [6.07, 6.45) is 2.05. The van der Waals surface area contributed by atoms with Crippen LogP contribution in [-0.4, -0.2) is 52.9 Å². The Morgan fingerprint density at radius 2 is 2.00 bits per heavy atom. The molecule has 1 N–H and O–H groups in total. The van der Waals surface area contributed by atoms with Crippen LogP contribution in [-0.2, 0) is 18.2 Å². The Balaban J connectivity index is 1.64. The lowest BCUT2D eigenvalue weighted by atomic mass is 10.0. The van der Waals surface area contributed by atoms with Gasteiger partial charge in [0.25, 0.3) is 5.56 Å². The number of aromatic nitrogens is 4. The topological polar surface area (TPSA) is 85.3 Å². The number of ether oxygens (including phenoxy) is 2. The number of nitrogens with one attached hydrogen (secondary N) is 1. The largest absolute Gasteiger partial charge is 0.493 e. The maximum absolute atomic E-state index is 12.6. The van der Waals surface area contributed by atoms with E-state index < -0.39 is 0 Å². The van der Waals surface area contributed by atoms with Crippen molar-refractivity contribution in [3.63, 3.8) is 0 Å². The molecule has 0 saturated carbocycles. The summed E-state index contributed by atoms with van der Waals surface area (Å²) in [4.78, 5) is 14.7. The second-order valence-electron chi connectivity index (χ2n) is 6.97. The van der Waals surface area contributed by atoms with Crippen molar-refractivity contribution in [2.45, 2.75) is 12.8 Å². The molecule has 1 saturated heterocycles. The van der Waals surface area contributed by atoms with E-state index in [0.717, 1.165) is 41.8 Å². The first-order chi connectivity index (χ1) is 13.2. The SMILES string of the molecule is Cn1nc(-c2n[nH]c3cc4c(cc23)OCCC4)cc(N2CCOCC2)c1=O. The van der Waals surface area contributed by atoms with Gasteiger partial charge in [-0.15, -0.1) is 0 Å². The third-order valence-electron chi connectivity index (χ3n) is 5.23. The summed E-state index contributed by atoms with van der Waals surface area (Å²) in [6.45, 7) is 3.37. The van der Waals surface area contributed by atoms with Crippen LogP contribution < -0.4 is 15.2 Å². The molecule has 27 heavy (non-hydrogen) atoms. The minimum absolute atomic E-state index is 0.110. The van der Waals surface area contributed by atoms with Gasteiger partial charge in [0.05, 0.1) is 25.3 Å². The normalized spacial score (nSPS) is 17.0. The van der Waals surface area contributed by atoms with Crippen molar-refractivity contribution in [3.05, 3.63) is 34.1 Å². The third-order valence-corrected chi connectivity index (χ3v) is 5.23. The van der Waals surface area contributed by atoms with E-state index in [1.165, 1.54) is 10.2 Å². The lowest BCUT2D eigenvalue weighted by molar-refractivity contribution is 0.122. The third kappa shape index (κ3) is 2.76. The van der Waals surface area contributed by atoms with Crippen LogP contribution in [0.2, 0.25) is 0 Å². The zero-order chi connectivity index (χ0) is 18.4. The Labute approximate surface area is 155 Å². The highest BCUT2D eigenvalue weighted by atomic mass is 16.5. The molecule has 0 radical (unpaired) electrons. The molecule has 0 unspecified atom stereocenters. The molecule has 0 bridgehead atoms. The number of nitrogens with zero attached hydrogens (tertiary/aromatic N) is 4. The average molecular weight is 367 g/mol. The Kier molecular flexibility index (Phi) is 3.86. The first kappa shape index (κ1) is 16.3. The van der Waals surface area contributed by atoms with E-state index in [1.54, 1.807) is 7.05 Å². The first-order valence-corrected chi connectivity index (χ1v) is 9.26. The molecule has 0 spiro atoms. The summed E-state index contributed by atoms with van der Waals surface area (Å²) in [7, 11) is 1.68. The van der Waals surface area contributed by atoms with E-state index in [-0.39, 0.29) is 5.56 Å². The van der Waals surface area contributed by atoms with E-state index in [9.17, 15) is 4.79 Å².